The van der Waals surface area contributed by atoms with Gasteiger partial charge in [0.25, 0.3) is 0 Å². The van der Waals surface area contributed by atoms with E-state index >= 15 is 0 Å². The molecule has 1 amide bonds. The molecule has 1 aromatic carbocycles. The Hall–Kier alpha value is -1.79. The van der Waals surface area contributed by atoms with E-state index in [4.69, 9.17) is 14.6 Å². The van der Waals surface area contributed by atoms with Gasteiger partial charge in [-0.2, -0.15) is 0 Å². The molecule has 118 valence electrons. The third-order valence-corrected chi connectivity index (χ3v) is 4.69. The van der Waals surface area contributed by atoms with Gasteiger partial charge in [0, 0.05) is 25.0 Å². The van der Waals surface area contributed by atoms with E-state index in [0.29, 0.717) is 18.5 Å². The number of benzene rings is 1. The van der Waals surface area contributed by atoms with Crippen LogP contribution in [0.3, 0.4) is 0 Å². The molecule has 3 saturated heterocycles. The maximum absolute atomic E-state index is 10.7. The van der Waals surface area contributed by atoms with E-state index in [1.807, 2.05) is 12.1 Å². The zero-order chi connectivity index (χ0) is 15.2. The van der Waals surface area contributed by atoms with Gasteiger partial charge < -0.3 is 19.5 Å². The summed E-state index contributed by atoms with van der Waals surface area (Å²) in [6.45, 7) is 6.00. The highest BCUT2D eigenvalue weighted by molar-refractivity contribution is 5.66. The first kappa shape index (κ1) is 13.8. The summed E-state index contributed by atoms with van der Waals surface area (Å²) in [6, 6.07) is 8.12. The first-order valence-corrected chi connectivity index (χ1v) is 7.66. The Morgan fingerprint density at radius 2 is 1.95 bits per heavy atom. The van der Waals surface area contributed by atoms with Gasteiger partial charge in [0.15, 0.2) is 0 Å². The second-order valence-electron chi connectivity index (χ2n) is 6.71. The van der Waals surface area contributed by atoms with Gasteiger partial charge in [0.2, 0.25) is 0 Å². The van der Waals surface area contributed by atoms with Crippen LogP contribution in [0.4, 0.5) is 4.79 Å². The summed E-state index contributed by atoms with van der Waals surface area (Å²) in [7, 11) is 0. The molecule has 22 heavy (non-hydrogen) atoms. The second-order valence-corrected chi connectivity index (χ2v) is 6.71. The Balaban J connectivity index is 1.24. The van der Waals surface area contributed by atoms with Crippen LogP contribution in [0.5, 0.6) is 5.75 Å². The Kier molecular flexibility index (Phi) is 3.23. The van der Waals surface area contributed by atoms with Crippen LogP contribution >= 0.6 is 0 Å². The maximum Gasteiger partial charge on any atom is 0.407 e. The van der Waals surface area contributed by atoms with Gasteiger partial charge in [-0.1, -0.05) is 12.1 Å². The lowest BCUT2D eigenvalue weighted by Gasteiger charge is -2.55. The lowest BCUT2D eigenvalue weighted by molar-refractivity contribution is -0.191. The zero-order valence-electron chi connectivity index (χ0n) is 12.4. The van der Waals surface area contributed by atoms with Crippen LogP contribution in [0.2, 0.25) is 0 Å². The quantitative estimate of drug-likeness (QED) is 0.907. The van der Waals surface area contributed by atoms with Crippen molar-refractivity contribution in [1.82, 2.24) is 9.80 Å². The number of carbonyl (C=O) groups is 1. The molecule has 1 aromatic rings. The Morgan fingerprint density at radius 1 is 1.27 bits per heavy atom. The number of rotatable bonds is 4. The molecule has 6 heteroatoms. The van der Waals surface area contributed by atoms with Crippen LogP contribution in [0.1, 0.15) is 5.56 Å². The molecule has 0 aliphatic carbocycles. The molecule has 0 atom stereocenters. The van der Waals surface area contributed by atoms with Crippen molar-refractivity contribution in [2.75, 3.05) is 39.4 Å². The van der Waals surface area contributed by atoms with Gasteiger partial charge in [0.1, 0.15) is 11.9 Å². The fourth-order valence-electron chi connectivity index (χ4n) is 3.38. The normalized spacial score (nSPS) is 23.5. The number of ether oxygens (including phenoxy) is 2. The fraction of sp³-hybridized carbons (Fsp3) is 0.562. The van der Waals surface area contributed by atoms with E-state index in [2.05, 4.69) is 17.0 Å². The summed E-state index contributed by atoms with van der Waals surface area (Å²) in [5.41, 5.74) is 1.74. The molecule has 3 fully saturated rings. The van der Waals surface area contributed by atoms with Crippen molar-refractivity contribution in [2.45, 2.75) is 12.6 Å². The van der Waals surface area contributed by atoms with Crippen LogP contribution < -0.4 is 4.74 Å². The molecule has 0 aromatic heterocycles. The molecule has 0 radical (unpaired) electrons. The molecule has 0 bridgehead atoms. The van der Waals surface area contributed by atoms with Gasteiger partial charge in [-0.15, -0.1) is 0 Å². The van der Waals surface area contributed by atoms with Crippen LogP contribution in [-0.4, -0.2) is 66.5 Å². The zero-order valence-corrected chi connectivity index (χ0v) is 12.4. The van der Waals surface area contributed by atoms with Crippen molar-refractivity contribution >= 4 is 6.09 Å². The van der Waals surface area contributed by atoms with Crippen LogP contribution in [0.15, 0.2) is 24.3 Å². The topological polar surface area (TPSA) is 62.2 Å². The minimum absolute atomic E-state index is 0.0178. The molecule has 0 saturated carbocycles. The maximum atomic E-state index is 10.7. The smallest absolute Gasteiger partial charge is 0.407 e. The van der Waals surface area contributed by atoms with Gasteiger partial charge in [-0.05, 0) is 17.7 Å². The van der Waals surface area contributed by atoms with E-state index in [9.17, 15) is 4.79 Å². The molecule has 1 spiro atoms. The van der Waals surface area contributed by atoms with Gasteiger partial charge in [-0.3, -0.25) is 4.90 Å². The number of nitrogens with zero attached hydrogens (tertiary/aromatic N) is 2. The number of likely N-dealkylation sites (tertiary alicyclic amines) is 2. The van der Waals surface area contributed by atoms with E-state index < -0.39 is 6.09 Å². The average molecular weight is 304 g/mol. The van der Waals surface area contributed by atoms with Crippen molar-refractivity contribution < 1.29 is 19.4 Å². The van der Waals surface area contributed by atoms with Crippen molar-refractivity contribution in [1.29, 1.82) is 0 Å². The molecular formula is C16H20N2O4. The fourth-order valence-corrected chi connectivity index (χ4v) is 3.38. The number of hydrogen-bond acceptors (Lipinski definition) is 4. The molecular weight excluding hydrogens is 284 g/mol. The number of amides is 1. The lowest BCUT2D eigenvalue weighted by Crippen LogP contribution is -2.65. The Bertz CT molecular complexity index is 556. The average Bonchev–Trinajstić information content (AvgIpc) is 2.36. The number of hydrogen-bond donors (Lipinski definition) is 1. The highest BCUT2D eigenvalue weighted by Gasteiger charge is 2.48. The first-order chi connectivity index (χ1) is 10.6. The molecule has 4 rings (SSSR count). The SMILES string of the molecule is O=C(O)N1CC(Oc2ccc(CN3CC4(COC4)C3)cc2)C1. The Labute approximate surface area is 129 Å². The predicted molar refractivity (Wildman–Crippen MR) is 79.0 cm³/mol. The third-order valence-electron chi connectivity index (χ3n) is 4.69. The molecule has 3 aliphatic rings. The Morgan fingerprint density at radius 3 is 2.50 bits per heavy atom. The summed E-state index contributed by atoms with van der Waals surface area (Å²) in [4.78, 5) is 14.5. The van der Waals surface area contributed by atoms with Crippen molar-refractivity contribution in [3.63, 3.8) is 0 Å². The van der Waals surface area contributed by atoms with Crippen LogP contribution in [0.25, 0.3) is 0 Å². The molecule has 3 aliphatic heterocycles. The molecule has 0 unspecified atom stereocenters. The van der Waals surface area contributed by atoms with Crippen molar-refractivity contribution in [3.8, 4) is 5.75 Å². The van der Waals surface area contributed by atoms with Crippen molar-refractivity contribution in [3.05, 3.63) is 29.8 Å². The highest BCUT2D eigenvalue weighted by atomic mass is 16.5. The van der Waals surface area contributed by atoms with E-state index in [-0.39, 0.29) is 6.10 Å². The van der Waals surface area contributed by atoms with E-state index in [1.165, 1.54) is 10.5 Å². The second kappa shape index (κ2) is 5.14. The summed E-state index contributed by atoms with van der Waals surface area (Å²) in [5, 5.41) is 8.78. The van der Waals surface area contributed by atoms with Crippen molar-refractivity contribution in [2.24, 2.45) is 5.41 Å². The van der Waals surface area contributed by atoms with E-state index in [0.717, 1.165) is 38.6 Å². The predicted octanol–water partition coefficient (Wildman–Crippen LogP) is 1.26. The summed E-state index contributed by atoms with van der Waals surface area (Å²) in [5.74, 6) is 0.811. The summed E-state index contributed by atoms with van der Waals surface area (Å²) < 4.78 is 11.0. The molecule has 6 nitrogen and oxygen atoms in total. The molecule has 3 heterocycles. The van der Waals surface area contributed by atoms with Gasteiger partial charge in [0.05, 0.1) is 26.3 Å². The summed E-state index contributed by atoms with van der Waals surface area (Å²) >= 11 is 0. The highest BCUT2D eigenvalue weighted by Crippen LogP contribution is 2.38. The monoisotopic (exact) mass is 304 g/mol. The third kappa shape index (κ3) is 2.53. The van der Waals surface area contributed by atoms with E-state index in [1.54, 1.807) is 0 Å². The van der Waals surface area contributed by atoms with Crippen LogP contribution in [0, 0.1) is 5.41 Å². The first-order valence-electron chi connectivity index (χ1n) is 7.66. The van der Waals surface area contributed by atoms with Crippen LogP contribution in [-0.2, 0) is 11.3 Å². The largest absolute Gasteiger partial charge is 0.487 e. The number of carboxylic acid groups (broad SMARTS) is 1. The molecule has 1 N–H and O–H groups in total. The standard InChI is InChI=1S/C16H20N2O4/c19-15(20)18-6-14(7-18)22-13-3-1-12(2-4-13)5-17-8-16(9-17)10-21-11-16/h1-4,14H,5-11H2,(H,19,20). The lowest BCUT2D eigenvalue weighted by atomic mass is 9.78. The minimum atomic E-state index is -0.876. The summed E-state index contributed by atoms with van der Waals surface area (Å²) in [6.07, 6.45) is -0.893. The van der Waals surface area contributed by atoms with Gasteiger partial charge in [-0.25, -0.2) is 4.79 Å². The van der Waals surface area contributed by atoms with Gasteiger partial charge >= 0.3 is 6.09 Å². The minimum Gasteiger partial charge on any atom is -0.487 e.